The van der Waals surface area contributed by atoms with E-state index in [2.05, 4.69) is 55.4 Å². The van der Waals surface area contributed by atoms with Crippen molar-refractivity contribution in [3.05, 3.63) is 35.4 Å². The van der Waals surface area contributed by atoms with E-state index in [9.17, 15) is 0 Å². The highest BCUT2D eigenvalue weighted by Crippen LogP contribution is 2.28. The number of nitrogens with zero attached hydrogens (tertiary/aromatic N) is 1. The summed E-state index contributed by atoms with van der Waals surface area (Å²) in [6.07, 6.45) is 6.49. The van der Waals surface area contributed by atoms with Crippen LogP contribution >= 0.6 is 0 Å². The molecule has 0 saturated carbocycles. The Labute approximate surface area is 130 Å². The van der Waals surface area contributed by atoms with Crippen LogP contribution in [0.15, 0.2) is 24.3 Å². The number of hydrogen-bond acceptors (Lipinski definition) is 2. The fourth-order valence-electron chi connectivity index (χ4n) is 3.44. The van der Waals surface area contributed by atoms with Crippen LogP contribution in [0.5, 0.6) is 0 Å². The molecule has 2 nitrogen and oxygen atoms in total. The zero-order valence-electron chi connectivity index (χ0n) is 14.1. The average Bonchev–Trinajstić information content (AvgIpc) is 2.54. The number of piperidine rings is 1. The summed E-state index contributed by atoms with van der Waals surface area (Å²) < 4.78 is 0. The topological polar surface area (TPSA) is 15.3 Å². The molecule has 0 amide bonds. The highest BCUT2D eigenvalue weighted by atomic mass is 15.2. The molecular weight excluding hydrogens is 256 g/mol. The molecule has 2 heteroatoms. The summed E-state index contributed by atoms with van der Waals surface area (Å²) in [5, 5.41) is 3.28. The summed E-state index contributed by atoms with van der Waals surface area (Å²) >= 11 is 0. The summed E-state index contributed by atoms with van der Waals surface area (Å²) in [6.45, 7) is 8.29. The Morgan fingerprint density at radius 1 is 1.19 bits per heavy atom. The normalized spacial score (nSPS) is 18.8. The molecule has 118 valence electrons. The molecule has 0 bridgehead atoms. The second kappa shape index (κ2) is 8.55. The predicted molar refractivity (Wildman–Crippen MR) is 91.7 cm³/mol. The molecule has 0 spiro atoms. The van der Waals surface area contributed by atoms with Gasteiger partial charge in [-0.15, -0.1) is 0 Å². The minimum Gasteiger partial charge on any atom is -0.320 e. The first-order valence-electron chi connectivity index (χ1n) is 8.72. The van der Waals surface area contributed by atoms with Crippen molar-refractivity contribution in [2.75, 3.05) is 26.7 Å². The van der Waals surface area contributed by atoms with Crippen molar-refractivity contribution in [3.8, 4) is 0 Å². The zero-order chi connectivity index (χ0) is 15.1. The van der Waals surface area contributed by atoms with Crippen LogP contribution in [0.4, 0.5) is 0 Å². The smallest absolute Gasteiger partial charge is 0.0319 e. The SMILES string of the molecule is CCCc1ccc(C(C)N2CCC(CCNC)CC2)cc1. The van der Waals surface area contributed by atoms with Crippen molar-refractivity contribution in [2.24, 2.45) is 5.92 Å². The Morgan fingerprint density at radius 2 is 1.86 bits per heavy atom. The lowest BCUT2D eigenvalue weighted by Crippen LogP contribution is -2.36. The molecule has 0 radical (unpaired) electrons. The molecule has 1 N–H and O–H groups in total. The largest absolute Gasteiger partial charge is 0.320 e. The van der Waals surface area contributed by atoms with Crippen LogP contribution in [0.3, 0.4) is 0 Å². The Balaban J connectivity index is 1.84. The van der Waals surface area contributed by atoms with Gasteiger partial charge in [-0.25, -0.2) is 0 Å². The van der Waals surface area contributed by atoms with E-state index in [1.165, 1.54) is 62.9 Å². The highest BCUT2D eigenvalue weighted by Gasteiger charge is 2.23. The molecule has 0 aliphatic carbocycles. The van der Waals surface area contributed by atoms with Crippen LogP contribution in [-0.2, 0) is 6.42 Å². The van der Waals surface area contributed by atoms with Gasteiger partial charge in [0.15, 0.2) is 0 Å². The summed E-state index contributed by atoms with van der Waals surface area (Å²) in [4.78, 5) is 2.66. The van der Waals surface area contributed by atoms with Gasteiger partial charge in [-0.05, 0) is 76.3 Å². The Hall–Kier alpha value is -0.860. The molecule has 1 saturated heterocycles. The summed E-state index contributed by atoms with van der Waals surface area (Å²) in [5.74, 6) is 0.924. The van der Waals surface area contributed by atoms with Gasteiger partial charge >= 0.3 is 0 Å². The Morgan fingerprint density at radius 3 is 2.43 bits per heavy atom. The molecule has 21 heavy (non-hydrogen) atoms. The summed E-state index contributed by atoms with van der Waals surface area (Å²) in [7, 11) is 2.05. The van der Waals surface area contributed by atoms with Crippen molar-refractivity contribution in [1.82, 2.24) is 10.2 Å². The van der Waals surface area contributed by atoms with Crippen molar-refractivity contribution >= 4 is 0 Å². The molecule has 2 rings (SSSR count). The van der Waals surface area contributed by atoms with Gasteiger partial charge in [0.2, 0.25) is 0 Å². The van der Waals surface area contributed by atoms with Gasteiger partial charge in [0.05, 0.1) is 0 Å². The number of benzene rings is 1. The maximum absolute atomic E-state index is 3.28. The van der Waals surface area contributed by atoms with Gasteiger partial charge in [0.1, 0.15) is 0 Å². The summed E-state index contributed by atoms with van der Waals surface area (Å²) in [5.41, 5.74) is 2.95. The van der Waals surface area contributed by atoms with Gasteiger partial charge in [0.25, 0.3) is 0 Å². The standard InChI is InChI=1S/C19H32N2/c1-4-5-17-6-8-19(9-7-17)16(2)21-14-11-18(12-15-21)10-13-20-3/h6-9,16,18,20H,4-5,10-15H2,1-3H3. The van der Waals surface area contributed by atoms with Gasteiger partial charge in [-0.3, -0.25) is 4.90 Å². The van der Waals surface area contributed by atoms with Crippen molar-refractivity contribution in [2.45, 2.75) is 52.0 Å². The second-order valence-electron chi connectivity index (χ2n) is 6.54. The van der Waals surface area contributed by atoms with Crippen LogP contribution in [-0.4, -0.2) is 31.6 Å². The van der Waals surface area contributed by atoms with Crippen molar-refractivity contribution < 1.29 is 0 Å². The number of aryl methyl sites for hydroxylation is 1. The van der Waals surface area contributed by atoms with Crippen LogP contribution in [0.25, 0.3) is 0 Å². The molecule has 1 aliphatic heterocycles. The molecule has 1 aromatic carbocycles. The van der Waals surface area contributed by atoms with Crippen molar-refractivity contribution in [1.29, 1.82) is 0 Å². The van der Waals surface area contributed by atoms with Crippen molar-refractivity contribution in [3.63, 3.8) is 0 Å². The van der Waals surface area contributed by atoms with Gasteiger partial charge < -0.3 is 5.32 Å². The zero-order valence-corrected chi connectivity index (χ0v) is 14.1. The number of rotatable bonds is 7. The first-order chi connectivity index (χ1) is 10.2. The molecule has 1 unspecified atom stereocenters. The van der Waals surface area contributed by atoms with E-state index in [-0.39, 0.29) is 0 Å². The van der Waals surface area contributed by atoms with E-state index in [4.69, 9.17) is 0 Å². The lowest BCUT2D eigenvalue weighted by Gasteiger charge is -2.36. The molecular formula is C19H32N2. The van der Waals surface area contributed by atoms with E-state index in [0.717, 1.165) is 5.92 Å². The molecule has 1 aliphatic rings. The number of likely N-dealkylation sites (tertiary alicyclic amines) is 1. The number of hydrogen-bond donors (Lipinski definition) is 1. The molecule has 0 aromatic heterocycles. The highest BCUT2D eigenvalue weighted by molar-refractivity contribution is 5.25. The summed E-state index contributed by atoms with van der Waals surface area (Å²) in [6, 6.07) is 9.86. The molecule has 1 atom stereocenters. The second-order valence-corrected chi connectivity index (χ2v) is 6.54. The maximum atomic E-state index is 3.28. The van der Waals surface area contributed by atoms with E-state index >= 15 is 0 Å². The van der Waals surface area contributed by atoms with E-state index < -0.39 is 0 Å². The van der Waals surface area contributed by atoms with E-state index in [1.807, 2.05) is 0 Å². The first kappa shape index (κ1) is 16.5. The lowest BCUT2D eigenvalue weighted by atomic mass is 9.92. The average molecular weight is 288 g/mol. The predicted octanol–water partition coefficient (Wildman–Crippen LogP) is 4.02. The van der Waals surface area contributed by atoms with Crippen LogP contribution in [0, 0.1) is 5.92 Å². The van der Waals surface area contributed by atoms with Gasteiger partial charge in [-0.1, -0.05) is 37.6 Å². The maximum Gasteiger partial charge on any atom is 0.0319 e. The monoisotopic (exact) mass is 288 g/mol. The van der Waals surface area contributed by atoms with E-state index in [1.54, 1.807) is 0 Å². The van der Waals surface area contributed by atoms with Gasteiger partial charge in [0, 0.05) is 6.04 Å². The lowest BCUT2D eigenvalue weighted by molar-refractivity contribution is 0.137. The minimum absolute atomic E-state index is 0.561. The third-order valence-corrected chi connectivity index (χ3v) is 5.00. The molecule has 1 heterocycles. The Kier molecular flexibility index (Phi) is 6.72. The van der Waals surface area contributed by atoms with E-state index in [0.29, 0.717) is 6.04 Å². The fraction of sp³-hybridized carbons (Fsp3) is 0.684. The minimum atomic E-state index is 0.561. The fourth-order valence-corrected chi connectivity index (χ4v) is 3.44. The van der Waals surface area contributed by atoms with Crippen LogP contribution in [0.2, 0.25) is 0 Å². The number of nitrogens with one attached hydrogen (secondary N) is 1. The van der Waals surface area contributed by atoms with Crippen LogP contribution in [0.1, 0.15) is 56.7 Å². The first-order valence-corrected chi connectivity index (χ1v) is 8.72. The Bertz CT molecular complexity index is 391. The molecule has 1 aromatic rings. The van der Waals surface area contributed by atoms with Gasteiger partial charge in [-0.2, -0.15) is 0 Å². The third kappa shape index (κ3) is 4.82. The van der Waals surface area contributed by atoms with Crippen LogP contribution < -0.4 is 5.32 Å². The third-order valence-electron chi connectivity index (χ3n) is 5.00. The molecule has 1 fully saturated rings. The quantitative estimate of drug-likeness (QED) is 0.815.